The third kappa shape index (κ3) is 3.91. The van der Waals surface area contributed by atoms with Gasteiger partial charge in [0.25, 0.3) is 0 Å². The SMILES string of the molecule is Cc1ccncc1CNC(CCO)C(C)C. The zero-order chi connectivity index (χ0) is 12.0. The molecule has 16 heavy (non-hydrogen) atoms. The summed E-state index contributed by atoms with van der Waals surface area (Å²) in [7, 11) is 0. The smallest absolute Gasteiger partial charge is 0.0445 e. The maximum Gasteiger partial charge on any atom is 0.0445 e. The van der Waals surface area contributed by atoms with Crippen molar-refractivity contribution >= 4 is 0 Å². The summed E-state index contributed by atoms with van der Waals surface area (Å²) in [6.45, 7) is 7.49. The second-order valence-corrected chi connectivity index (χ2v) is 4.55. The quantitative estimate of drug-likeness (QED) is 0.772. The number of aliphatic hydroxyl groups excluding tert-OH is 1. The number of aryl methyl sites for hydroxylation is 1. The molecule has 0 fully saturated rings. The van der Waals surface area contributed by atoms with Gasteiger partial charge in [0, 0.05) is 31.6 Å². The molecule has 0 aliphatic carbocycles. The predicted molar refractivity (Wildman–Crippen MR) is 66.1 cm³/mol. The molecule has 2 N–H and O–H groups in total. The number of rotatable bonds is 6. The third-order valence-electron chi connectivity index (χ3n) is 2.95. The van der Waals surface area contributed by atoms with E-state index < -0.39 is 0 Å². The van der Waals surface area contributed by atoms with Gasteiger partial charge in [-0.15, -0.1) is 0 Å². The highest BCUT2D eigenvalue weighted by Crippen LogP contribution is 2.09. The first-order chi connectivity index (χ1) is 7.65. The van der Waals surface area contributed by atoms with Crippen LogP contribution in [-0.4, -0.2) is 22.7 Å². The minimum absolute atomic E-state index is 0.238. The second kappa shape index (κ2) is 6.61. The highest BCUT2D eigenvalue weighted by Gasteiger charge is 2.12. The molecule has 0 bridgehead atoms. The Hall–Kier alpha value is -0.930. The zero-order valence-corrected chi connectivity index (χ0v) is 10.4. The lowest BCUT2D eigenvalue weighted by atomic mass is 10.0. The Balaban J connectivity index is 2.52. The number of aliphatic hydroxyl groups is 1. The molecule has 0 spiro atoms. The van der Waals surface area contributed by atoms with E-state index in [1.54, 1.807) is 0 Å². The average Bonchev–Trinajstić information content (AvgIpc) is 2.26. The summed E-state index contributed by atoms with van der Waals surface area (Å²) in [5.41, 5.74) is 2.49. The molecule has 1 aromatic rings. The summed E-state index contributed by atoms with van der Waals surface area (Å²) in [6.07, 6.45) is 4.52. The van der Waals surface area contributed by atoms with Crippen LogP contribution in [0.5, 0.6) is 0 Å². The van der Waals surface area contributed by atoms with Crippen LogP contribution in [-0.2, 0) is 6.54 Å². The topological polar surface area (TPSA) is 45.2 Å². The molecule has 0 aliphatic rings. The Labute approximate surface area is 97.9 Å². The Morgan fingerprint density at radius 2 is 2.19 bits per heavy atom. The highest BCUT2D eigenvalue weighted by atomic mass is 16.3. The second-order valence-electron chi connectivity index (χ2n) is 4.55. The molecule has 0 amide bonds. The molecule has 3 nitrogen and oxygen atoms in total. The van der Waals surface area contributed by atoms with E-state index in [1.807, 2.05) is 18.5 Å². The van der Waals surface area contributed by atoms with Crippen LogP contribution >= 0.6 is 0 Å². The minimum atomic E-state index is 0.238. The Morgan fingerprint density at radius 3 is 2.75 bits per heavy atom. The van der Waals surface area contributed by atoms with Crippen molar-refractivity contribution < 1.29 is 5.11 Å². The first-order valence-corrected chi connectivity index (χ1v) is 5.89. The van der Waals surface area contributed by atoms with Crippen molar-refractivity contribution in [2.45, 2.75) is 39.8 Å². The van der Waals surface area contributed by atoms with Crippen LogP contribution in [0, 0.1) is 12.8 Å². The first-order valence-electron chi connectivity index (χ1n) is 5.89. The molecule has 1 unspecified atom stereocenters. The molecule has 90 valence electrons. The molecule has 1 atom stereocenters. The van der Waals surface area contributed by atoms with E-state index in [2.05, 4.69) is 31.1 Å². The summed E-state index contributed by atoms with van der Waals surface area (Å²) in [5, 5.41) is 12.5. The maximum absolute atomic E-state index is 8.99. The van der Waals surface area contributed by atoms with Crippen molar-refractivity contribution in [2.75, 3.05) is 6.61 Å². The molecule has 0 saturated heterocycles. The first kappa shape index (κ1) is 13.1. The van der Waals surface area contributed by atoms with Gasteiger partial charge in [-0.2, -0.15) is 0 Å². The van der Waals surface area contributed by atoms with Gasteiger partial charge in [0.15, 0.2) is 0 Å². The number of aromatic nitrogens is 1. The third-order valence-corrected chi connectivity index (χ3v) is 2.95. The van der Waals surface area contributed by atoms with Crippen molar-refractivity contribution in [1.82, 2.24) is 10.3 Å². The molecule has 0 aliphatic heterocycles. The molecule has 0 radical (unpaired) electrons. The van der Waals surface area contributed by atoms with Crippen LogP contribution in [0.15, 0.2) is 18.5 Å². The van der Waals surface area contributed by atoms with Gasteiger partial charge in [0.05, 0.1) is 0 Å². The van der Waals surface area contributed by atoms with Crippen molar-refractivity contribution in [2.24, 2.45) is 5.92 Å². The van der Waals surface area contributed by atoms with E-state index in [0.29, 0.717) is 12.0 Å². The Bertz CT molecular complexity index is 313. The van der Waals surface area contributed by atoms with E-state index in [0.717, 1.165) is 13.0 Å². The van der Waals surface area contributed by atoms with Gasteiger partial charge in [-0.25, -0.2) is 0 Å². The molecule has 3 heteroatoms. The summed E-state index contributed by atoms with van der Waals surface area (Å²) < 4.78 is 0. The fourth-order valence-electron chi connectivity index (χ4n) is 1.73. The van der Waals surface area contributed by atoms with E-state index >= 15 is 0 Å². The van der Waals surface area contributed by atoms with Gasteiger partial charge in [0.2, 0.25) is 0 Å². The lowest BCUT2D eigenvalue weighted by Gasteiger charge is -2.22. The number of hydrogen-bond acceptors (Lipinski definition) is 3. The van der Waals surface area contributed by atoms with Crippen LogP contribution in [0.4, 0.5) is 0 Å². The van der Waals surface area contributed by atoms with Gasteiger partial charge in [-0.05, 0) is 36.5 Å². The van der Waals surface area contributed by atoms with Gasteiger partial charge >= 0.3 is 0 Å². The average molecular weight is 222 g/mol. The number of nitrogens with one attached hydrogen (secondary N) is 1. The zero-order valence-electron chi connectivity index (χ0n) is 10.4. The fourth-order valence-corrected chi connectivity index (χ4v) is 1.73. The molecule has 1 aromatic heterocycles. The molecular weight excluding hydrogens is 200 g/mol. The van der Waals surface area contributed by atoms with E-state index in [4.69, 9.17) is 5.11 Å². The summed E-state index contributed by atoms with van der Waals surface area (Å²) >= 11 is 0. The van der Waals surface area contributed by atoms with Gasteiger partial charge in [-0.3, -0.25) is 4.98 Å². The van der Waals surface area contributed by atoms with Gasteiger partial charge in [-0.1, -0.05) is 13.8 Å². The number of hydrogen-bond donors (Lipinski definition) is 2. The van der Waals surface area contributed by atoms with Crippen LogP contribution in [0.25, 0.3) is 0 Å². The molecular formula is C13H22N2O. The molecule has 1 rings (SSSR count). The lowest BCUT2D eigenvalue weighted by molar-refractivity contribution is 0.244. The van der Waals surface area contributed by atoms with Crippen LogP contribution < -0.4 is 5.32 Å². The normalized spacial score (nSPS) is 13.1. The number of pyridine rings is 1. The van der Waals surface area contributed by atoms with E-state index in [-0.39, 0.29) is 6.61 Å². The van der Waals surface area contributed by atoms with Crippen molar-refractivity contribution in [3.8, 4) is 0 Å². The van der Waals surface area contributed by atoms with Gasteiger partial charge < -0.3 is 10.4 Å². The van der Waals surface area contributed by atoms with Crippen LogP contribution in [0.2, 0.25) is 0 Å². The summed E-state index contributed by atoms with van der Waals surface area (Å²) in [5.74, 6) is 0.532. The molecule has 0 aromatic carbocycles. The van der Waals surface area contributed by atoms with Crippen LogP contribution in [0.1, 0.15) is 31.4 Å². The minimum Gasteiger partial charge on any atom is -0.396 e. The Morgan fingerprint density at radius 1 is 1.44 bits per heavy atom. The monoisotopic (exact) mass is 222 g/mol. The molecule has 1 heterocycles. The number of nitrogens with zero attached hydrogens (tertiary/aromatic N) is 1. The molecule has 0 saturated carbocycles. The fraction of sp³-hybridized carbons (Fsp3) is 0.615. The standard InChI is InChI=1S/C13H22N2O/c1-10(2)13(5-7-16)15-9-12-8-14-6-4-11(12)3/h4,6,8,10,13,15-16H,5,7,9H2,1-3H3. The largest absolute Gasteiger partial charge is 0.396 e. The van der Waals surface area contributed by atoms with Crippen molar-refractivity contribution in [1.29, 1.82) is 0 Å². The lowest BCUT2D eigenvalue weighted by Crippen LogP contribution is -2.34. The van der Waals surface area contributed by atoms with Gasteiger partial charge in [0.1, 0.15) is 0 Å². The Kier molecular flexibility index (Phi) is 5.43. The van der Waals surface area contributed by atoms with E-state index in [1.165, 1.54) is 11.1 Å². The summed E-state index contributed by atoms with van der Waals surface area (Å²) in [6, 6.07) is 2.39. The summed E-state index contributed by atoms with van der Waals surface area (Å²) in [4.78, 5) is 4.12. The van der Waals surface area contributed by atoms with Crippen LogP contribution in [0.3, 0.4) is 0 Å². The predicted octanol–water partition coefficient (Wildman–Crippen LogP) is 1.89. The van der Waals surface area contributed by atoms with Crippen molar-refractivity contribution in [3.05, 3.63) is 29.6 Å². The maximum atomic E-state index is 8.99. The highest BCUT2D eigenvalue weighted by molar-refractivity contribution is 5.21. The van der Waals surface area contributed by atoms with E-state index in [9.17, 15) is 0 Å². The van der Waals surface area contributed by atoms with Crippen molar-refractivity contribution in [3.63, 3.8) is 0 Å².